The Morgan fingerprint density at radius 1 is 1.72 bits per heavy atom. The normalized spacial score (nSPS) is 16.9. The lowest BCUT2D eigenvalue weighted by Gasteiger charge is -2.15. The van der Waals surface area contributed by atoms with Gasteiger partial charge in [0.15, 0.2) is 0 Å². The Morgan fingerprint density at radius 2 is 2.56 bits per heavy atom. The van der Waals surface area contributed by atoms with E-state index in [1.807, 2.05) is 6.92 Å². The van der Waals surface area contributed by atoms with E-state index in [2.05, 4.69) is 15.3 Å². The molecule has 1 saturated heterocycles. The zero-order valence-corrected chi connectivity index (χ0v) is 11.0. The van der Waals surface area contributed by atoms with Gasteiger partial charge in [-0.05, 0) is 6.92 Å². The van der Waals surface area contributed by atoms with Crippen molar-refractivity contribution in [2.75, 3.05) is 18.8 Å². The minimum absolute atomic E-state index is 0.0661. The number of rotatable bonds is 5. The number of imidazole rings is 1. The Kier molecular flexibility index (Phi) is 4.24. The predicted octanol–water partition coefficient (Wildman–Crippen LogP) is 1.15. The molecule has 2 N–H and O–H groups in total. The topological polar surface area (TPSA) is 78.1 Å². The first-order valence-electron chi connectivity index (χ1n) is 5.87. The van der Waals surface area contributed by atoms with Crippen molar-refractivity contribution in [1.29, 1.82) is 0 Å². The standard InChI is InChI=1S/C11H16N4O2S/c1-8(10-12-3-4-13-10)14-9(16)2-5-15-6-7-18-11(15)17/h3-4,8H,2,5-7H2,1H3,(H,12,13)(H,14,16). The Morgan fingerprint density at radius 3 is 3.17 bits per heavy atom. The number of carbonyl (C=O) groups excluding carboxylic acids is 2. The molecule has 0 spiro atoms. The van der Waals surface area contributed by atoms with Gasteiger partial charge >= 0.3 is 0 Å². The van der Waals surface area contributed by atoms with Crippen LogP contribution in [0.2, 0.25) is 0 Å². The van der Waals surface area contributed by atoms with E-state index in [-0.39, 0.29) is 17.2 Å². The van der Waals surface area contributed by atoms with Crippen LogP contribution in [-0.2, 0) is 4.79 Å². The SMILES string of the molecule is CC(NC(=O)CCN1CCSC1=O)c1ncc[nH]1. The van der Waals surface area contributed by atoms with Crippen LogP contribution in [0.3, 0.4) is 0 Å². The molecule has 2 rings (SSSR count). The van der Waals surface area contributed by atoms with Crippen molar-refractivity contribution in [3.05, 3.63) is 18.2 Å². The first-order chi connectivity index (χ1) is 8.66. The van der Waals surface area contributed by atoms with Gasteiger partial charge in [0, 0.05) is 37.7 Å². The average Bonchev–Trinajstić information content (AvgIpc) is 2.97. The van der Waals surface area contributed by atoms with Crippen molar-refractivity contribution in [1.82, 2.24) is 20.2 Å². The van der Waals surface area contributed by atoms with Crippen LogP contribution in [-0.4, -0.2) is 44.9 Å². The number of H-pyrrole nitrogens is 1. The molecular formula is C11H16N4O2S. The smallest absolute Gasteiger partial charge is 0.281 e. The summed E-state index contributed by atoms with van der Waals surface area (Å²) in [6.07, 6.45) is 3.70. The largest absolute Gasteiger partial charge is 0.347 e. The highest BCUT2D eigenvalue weighted by atomic mass is 32.2. The summed E-state index contributed by atoms with van der Waals surface area (Å²) in [6, 6.07) is -0.142. The molecule has 0 aromatic carbocycles. The van der Waals surface area contributed by atoms with Gasteiger partial charge in [-0.1, -0.05) is 11.8 Å². The zero-order valence-electron chi connectivity index (χ0n) is 10.2. The van der Waals surface area contributed by atoms with Crippen LogP contribution in [0, 0.1) is 0 Å². The Balaban J connectivity index is 1.73. The van der Waals surface area contributed by atoms with Crippen LogP contribution in [0.25, 0.3) is 0 Å². The number of aromatic nitrogens is 2. The molecule has 0 radical (unpaired) electrons. The predicted molar refractivity (Wildman–Crippen MR) is 69.2 cm³/mol. The van der Waals surface area contributed by atoms with Crippen LogP contribution in [0.1, 0.15) is 25.2 Å². The van der Waals surface area contributed by atoms with Crippen molar-refractivity contribution in [3.63, 3.8) is 0 Å². The third kappa shape index (κ3) is 3.25. The van der Waals surface area contributed by atoms with E-state index in [4.69, 9.17) is 0 Å². The van der Waals surface area contributed by atoms with Crippen molar-refractivity contribution in [3.8, 4) is 0 Å². The molecule has 1 atom stereocenters. The quantitative estimate of drug-likeness (QED) is 0.839. The summed E-state index contributed by atoms with van der Waals surface area (Å²) in [7, 11) is 0. The van der Waals surface area contributed by atoms with Crippen molar-refractivity contribution in [2.24, 2.45) is 0 Å². The average molecular weight is 268 g/mol. The maximum atomic E-state index is 11.7. The molecular weight excluding hydrogens is 252 g/mol. The molecule has 1 fully saturated rings. The maximum absolute atomic E-state index is 11.7. The van der Waals surface area contributed by atoms with E-state index >= 15 is 0 Å². The van der Waals surface area contributed by atoms with Gasteiger partial charge in [0.2, 0.25) is 5.91 Å². The van der Waals surface area contributed by atoms with Crippen molar-refractivity contribution in [2.45, 2.75) is 19.4 Å². The zero-order chi connectivity index (χ0) is 13.0. The molecule has 1 aromatic heterocycles. The van der Waals surface area contributed by atoms with Gasteiger partial charge in [0.05, 0.1) is 6.04 Å². The summed E-state index contributed by atoms with van der Waals surface area (Å²) in [5, 5.41) is 2.91. The fraction of sp³-hybridized carbons (Fsp3) is 0.545. The molecule has 0 aliphatic carbocycles. The molecule has 2 heterocycles. The van der Waals surface area contributed by atoms with Crippen LogP contribution in [0.4, 0.5) is 4.79 Å². The van der Waals surface area contributed by atoms with Crippen LogP contribution < -0.4 is 5.32 Å². The Hall–Kier alpha value is -1.50. The molecule has 98 valence electrons. The van der Waals surface area contributed by atoms with E-state index < -0.39 is 0 Å². The second-order valence-electron chi connectivity index (χ2n) is 4.12. The van der Waals surface area contributed by atoms with Gasteiger partial charge in [-0.2, -0.15) is 0 Å². The molecule has 2 amide bonds. The first-order valence-corrected chi connectivity index (χ1v) is 6.85. The number of hydrogen-bond acceptors (Lipinski definition) is 4. The molecule has 1 aromatic rings. The molecule has 0 bridgehead atoms. The van der Waals surface area contributed by atoms with Gasteiger partial charge in [-0.15, -0.1) is 0 Å². The highest BCUT2D eigenvalue weighted by Crippen LogP contribution is 2.17. The Bertz CT molecular complexity index is 421. The molecule has 1 unspecified atom stereocenters. The molecule has 1 aliphatic heterocycles. The number of carbonyl (C=O) groups is 2. The number of thioether (sulfide) groups is 1. The van der Waals surface area contributed by atoms with Crippen molar-refractivity contribution >= 4 is 22.9 Å². The van der Waals surface area contributed by atoms with E-state index in [0.717, 1.165) is 18.1 Å². The van der Waals surface area contributed by atoms with E-state index in [1.54, 1.807) is 17.3 Å². The Labute approximate surface area is 110 Å². The second-order valence-corrected chi connectivity index (χ2v) is 5.16. The van der Waals surface area contributed by atoms with Gasteiger partial charge < -0.3 is 15.2 Å². The fourth-order valence-corrected chi connectivity index (χ4v) is 2.61. The number of hydrogen-bond donors (Lipinski definition) is 2. The summed E-state index contributed by atoms with van der Waals surface area (Å²) in [4.78, 5) is 31.8. The highest BCUT2D eigenvalue weighted by Gasteiger charge is 2.21. The van der Waals surface area contributed by atoms with Gasteiger partial charge in [-0.25, -0.2) is 4.98 Å². The van der Waals surface area contributed by atoms with Gasteiger partial charge in [0.25, 0.3) is 5.24 Å². The third-order valence-electron chi connectivity index (χ3n) is 2.76. The molecule has 1 aliphatic rings. The van der Waals surface area contributed by atoms with Gasteiger partial charge in [-0.3, -0.25) is 9.59 Å². The van der Waals surface area contributed by atoms with Crippen LogP contribution in [0.15, 0.2) is 12.4 Å². The monoisotopic (exact) mass is 268 g/mol. The lowest BCUT2D eigenvalue weighted by molar-refractivity contribution is -0.121. The molecule has 18 heavy (non-hydrogen) atoms. The first kappa shape index (κ1) is 12.9. The summed E-state index contributed by atoms with van der Waals surface area (Å²) >= 11 is 1.31. The fourth-order valence-electron chi connectivity index (χ4n) is 1.76. The van der Waals surface area contributed by atoms with Gasteiger partial charge in [0.1, 0.15) is 5.82 Å². The van der Waals surface area contributed by atoms with Crippen LogP contribution in [0.5, 0.6) is 0 Å². The maximum Gasteiger partial charge on any atom is 0.281 e. The minimum atomic E-state index is -0.142. The van der Waals surface area contributed by atoms with E-state index in [1.165, 1.54) is 11.8 Å². The molecule has 0 saturated carbocycles. The number of aromatic amines is 1. The van der Waals surface area contributed by atoms with E-state index in [9.17, 15) is 9.59 Å². The summed E-state index contributed by atoms with van der Waals surface area (Å²) in [5.74, 6) is 1.49. The molecule has 6 nitrogen and oxygen atoms in total. The van der Waals surface area contributed by atoms with E-state index in [0.29, 0.717) is 13.0 Å². The summed E-state index contributed by atoms with van der Waals surface area (Å²) in [5.41, 5.74) is 0. The van der Waals surface area contributed by atoms with Crippen molar-refractivity contribution < 1.29 is 9.59 Å². The summed E-state index contributed by atoms with van der Waals surface area (Å²) < 4.78 is 0. The lowest BCUT2D eigenvalue weighted by atomic mass is 10.3. The van der Waals surface area contributed by atoms with Crippen LogP contribution >= 0.6 is 11.8 Å². The second kappa shape index (κ2) is 5.90. The summed E-state index contributed by atoms with van der Waals surface area (Å²) in [6.45, 7) is 3.10. The number of nitrogens with one attached hydrogen (secondary N) is 2. The molecule has 7 heteroatoms. The highest BCUT2D eigenvalue weighted by molar-refractivity contribution is 8.13. The third-order valence-corrected chi connectivity index (χ3v) is 3.65. The number of amides is 2. The minimum Gasteiger partial charge on any atom is -0.347 e. The number of nitrogens with zero attached hydrogens (tertiary/aromatic N) is 2. The lowest BCUT2D eigenvalue weighted by Crippen LogP contribution is -2.32.